The van der Waals surface area contributed by atoms with Gasteiger partial charge in [-0.25, -0.2) is 9.18 Å². The Hall–Kier alpha value is -2.15. The molecule has 0 spiro atoms. The van der Waals surface area contributed by atoms with E-state index < -0.39 is 12.1 Å². The van der Waals surface area contributed by atoms with E-state index in [9.17, 15) is 9.18 Å². The number of ether oxygens (including phenoxy) is 1. The molecule has 0 N–H and O–H groups in total. The molecular weight excluding hydrogens is 233 g/mol. The second-order valence-corrected chi connectivity index (χ2v) is 4.08. The quantitative estimate of drug-likeness (QED) is 0.607. The molecule has 0 aromatic heterocycles. The molecule has 1 rings (SSSR count). The van der Waals surface area contributed by atoms with E-state index in [2.05, 4.69) is 6.58 Å². The van der Waals surface area contributed by atoms with Gasteiger partial charge in [-0.15, -0.1) is 0 Å². The molecule has 1 unspecified atom stereocenters. The van der Waals surface area contributed by atoms with Crippen molar-refractivity contribution in [2.24, 2.45) is 0 Å². The fourth-order valence-corrected chi connectivity index (χ4v) is 1.32. The Labute approximate surface area is 105 Å². The first-order chi connectivity index (χ1) is 8.45. The number of nitrogens with zero attached hydrogens (tertiary/aromatic N) is 1. The number of nitriles is 1. The summed E-state index contributed by atoms with van der Waals surface area (Å²) in [6.45, 7) is 6.77. The number of hydrogen-bond donors (Lipinski definition) is 0. The highest BCUT2D eigenvalue weighted by atomic mass is 19.1. The molecule has 1 atom stereocenters. The minimum Gasteiger partial charge on any atom is -0.460 e. The minimum atomic E-state index is -1.62. The number of carbonyl (C=O) groups is 1. The van der Waals surface area contributed by atoms with Crippen molar-refractivity contribution in [3.05, 3.63) is 47.5 Å². The van der Waals surface area contributed by atoms with E-state index in [0.29, 0.717) is 5.56 Å². The summed E-state index contributed by atoms with van der Waals surface area (Å²) in [4.78, 5) is 11.5. The summed E-state index contributed by atoms with van der Waals surface area (Å²) in [5.74, 6) is -0.748. The summed E-state index contributed by atoms with van der Waals surface area (Å²) in [7, 11) is 0. The Morgan fingerprint density at radius 3 is 2.39 bits per heavy atom. The van der Waals surface area contributed by atoms with E-state index in [4.69, 9.17) is 10.00 Å². The van der Waals surface area contributed by atoms with Gasteiger partial charge in [0.2, 0.25) is 0 Å². The van der Waals surface area contributed by atoms with Crippen molar-refractivity contribution < 1.29 is 13.9 Å². The molecule has 0 aliphatic heterocycles. The molecule has 0 radical (unpaired) electrons. The van der Waals surface area contributed by atoms with Gasteiger partial charge in [-0.1, -0.05) is 18.7 Å². The van der Waals surface area contributed by atoms with E-state index in [1.807, 2.05) is 6.07 Å². The molecule has 94 valence electrons. The molecule has 3 nitrogen and oxygen atoms in total. The van der Waals surface area contributed by atoms with Crippen LogP contribution in [0.25, 0.3) is 0 Å². The number of carbonyl (C=O) groups excluding carboxylic acids is 1. The smallest absolute Gasteiger partial charge is 0.336 e. The van der Waals surface area contributed by atoms with E-state index in [-0.39, 0.29) is 17.2 Å². The number of hydrogen-bond acceptors (Lipinski definition) is 3. The third kappa shape index (κ3) is 3.42. The summed E-state index contributed by atoms with van der Waals surface area (Å²) < 4.78 is 18.9. The van der Waals surface area contributed by atoms with Crippen LogP contribution >= 0.6 is 0 Å². The predicted molar refractivity (Wildman–Crippen MR) is 65.4 cm³/mol. The third-order valence-electron chi connectivity index (χ3n) is 2.24. The van der Waals surface area contributed by atoms with Crippen molar-refractivity contribution in [1.82, 2.24) is 0 Å². The van der Waals surface area contributed by atoms with Crippen LogP contribution in [-0.2, 0) is 9.53 Å². The second-order valence-electron chi connectivity index (χ2n) is 4.08. The fraction of sp³-hybridized carbons (Fsp3) is 0.286. The monoisotopic (exact) mass is 247 g/mol. The van der Waals surface area contributed by atoms with Crippen LogP contribution in [0.5, 0.6) is 0 Å². The normalized spacial score (nSPS) is 11.7. The van der Waals surface area contributed by atoms with Crippen molar-refractivity contribution in [1.29, 1.82) is 5.26 Å². The standard InChI is InChI=1S/C14H14FNO2/c1-9(2)18-14(17)10(3)13(15)12-6-4-11(8-16)5-7-12/h4-7,9,13H,3H2,1-2H3. The highest BCUT2D eigenvalue weighted by Crippen LogP contribution is 2.26. The number of benzene rings is 1. The first kappa shape index (κ1) is 13.9. The Morgan fingerprint density at radius 2 is 1.94 bits per heavy atom. The summed E-state index contributed by atoms with van der Waals surface area (Å²) in [6.07, 6.45) is -1.94. The van der Waals surface area contributed by atoms with Gasteiger partial charge in [-0.2, -0.15) is 5.26 Å². The molecule has 18 heavy (non-hydrogen) atoms. The molecule has 0 aliphatic carbocycles. The van der Waals surface area contributed by atoms with Crippen LogP contribution in [0.2, 0.25) is 0 Å². The zero-order valence-corrected chi connectivity index (χ0v) is 10.3. The first-order valence-corrected chi connectivity index (χ1v) is 5.49. The second kappa shape index (κ2) is 5.97. The van der Waals surface area contributed by atoms with E-state index in [1.165, 1.54) is 24.3 Å². The van der Waals surface area contributed by atoms with Gasteiger partial charge in [0, 0.05) is 0 Å². The van der Waals surface area contributed by atoms with Crippen LogP contribution in [0, 0.1) is 11.3 Å². The molecular formula is C14H14FNO2. The van der Waals surface area contributed by atoms with Crippen LogP contribution in [0.1, 0.15) is 31.1 Å². The maximum atomic E-state index is 14.0. The minimum absolute atomic E-state index is 0.242. The molecule has 1 aromatic carbocycles. The predicted octanol–water partition coefficient (Wildman–Crippen LogP) is 3.08. The van der Waals surface area contributed by atoms with Crippen molar-refractivity contribution in [3.8, 4) is 6.07 Å². The number of esters is 1. The Bertz CT molecular complexity index is 486. The third-order valence-corrected chi connectivity index (χ3v) is 2.24. The molecule has 0 bridgehead atoms. The highest BCUT2D eigenvalue weighted by Gasteiger charge is 2.22. The maximum absolute atomic E-state index is 14.0. The van der Waals surface area contributed by atoms with Gasteiger partial charge < -0.3 is 4.74 Å². The number of alkyl halides is 1. The maximum Gasteiger partial charge on any atom is 0.336 e. The lowest BCUT2D eigenvalue weighted by molar-refractivity contribution is -0.143. The van der Waals surface area contributed by atoms with Crippen molar-refractivity contribution >= 4 is 5.97 Å². The lowest BCUT2D eigenvalue weighted by Crippen LogP contribution is -2.16. The van der Waals surface area contributed by atoms with Gasteiger partial charge in [0.1, 0.15) is 0 Å². The van der Waals surface area contributed by atoms with Gasteiger partial charge in [0.15, 0.2) is 6.17 Å². The summed E-state index contributed by atoms with van der Waals surface area (Å²) in [5, 5.41) is 8.63. The van der Waals surface area contributed by atoms with Gasteiger partial charge in [-0.05, 0) is 31.5 Å². The van der Waals surface area contributed by atoms with Gasteiger partial charge in [0.05, 0.1) is 23.3 Å². The summed E-state index contributed by atoms with van der Waals surface area (Å²) in [5.41, 5.74) is 0.467. The Morgan fingerprint density at radius 1 is 1.39 bits per heavy atom. The topological polar surface area (TPSA) is 50.1 Å². The van der Waals surface area contributed by atoms with Gasteiger partial charge in [-0.3, -0.25) is 0 Å². The van der Waals surface area contributed by atoms with Crippen LogP contribution in [0.3, 0.4) is 0 Å². The highest BCUT2D eigenvalue weighted by molar-refractivity contribution is 5.89. The SMILES string of the molecule is C=C(C(=O)OC(C)C)C(F)c1ccc(C#N)cc1. The van der Waals surface area contributed by atoms with E-state index in [1.54, 1.807) is 13.8 Å². The van der Waals surface area contributed by atoms with E-state index in [0.717, 1.165) is 0 Å². The number of halogens is 1. The molecule has 0 fully saturated rings. The van der Waals surface area contributed by atoms with Crippen molar-refractivity contribution in [3.63, 3.8) is 0 Å². The summed E-state index contributed by atoms with van der Waals surface area (Å²) in [6, 6.07) is 7.82. The summed E-state index contributed by atoms with van der Waals surface area (Å²) >= 11 is 0. The lowest BCUT2D eigenvalue weighted by Gasteiger charge is -2.13. The molecule has 1 aromatic rings. The van der Waals surface area contributed by atoms with Crippen LogP contribution < -0.4 is 0 Å². The average molecular weight is 247 g/mol. The van der Waals surface area contributed by atoms with Gasteiger partial charge >= 0.3 is 5.97 Å². The van der Waals surface area contributed by atoms with Crippen molar-refractivity contribution in [2.75, 3.05) is 0 Å². The van der Waals surface area contributed by atoms with Crippen molar-refractivity contribution in [2.45, 2.75) is 26.1 Å². The Kier molecular flexibility index (Phi) is 4.61. The van der Waals surface area contributed by atoms with E-state index >= 15 is 0 Å². The van der Waals surface area contributed by atoms with Crippen LogP contribution in [0.4, 0.5) is 4.39 Å². The molecule has 0 aliphatic rings. The molecule has 0 saturated heterocycles. The lowest BCUT2D eigenvalue weighted by atomic mass is 10.0. The molecule has 0 saturated carbocycles. The Balaban J connectivity index is 2.80. The zero-order chi connectivity index (χ0) is 13.7. The van der Waals surface area contributed by atoms with Crippen LogP contribution in [0.15, 0.2) is 36.4 Å². The largest absolute Gasteiger partial charge is 0.460 e. The van der Waals surface area contributed by atoms with Gasteiger partial charge in [0.25, 0.3) is 0 Å². The molecule has 4 heteroatoms. The first-order valence-electron chi connectivity index (χ1n) is 5.49. The fourth-order valence-electron chi connectivity index (χ4n) is 1.32. The zero-order valence-electron chi connectivity index (χ0n) is 10.3. The number of rotatable bonds is 4. The molecule has 0 heterocycles. The average Bonchev–Trinajstić information content (AvgIpc) is 2.36. The molecule has 0 amide bonds. The van der Waals surface area contributed by atoms with Crippen LogP contribution in [-0.4, -0.2) is 12.1 Å².